The molecular weight excluding hydrogens is 427 g/mol. The molecule has 1 fully saturated rings. The first-order valence-electron chi connectivity index (χ1n) is 9.65. The van der Waals surface area contributed by atoms with Crippen LogP contribution in [0.25, 0.3) is 22.4 Å². The van der Waals surface area contributed by atoms with E-state index in [-0.39, 0.29) is 29.7 Å². The number of aliphatic hydroxyl groups excluding tert-OH is 2. The Morgan fingerprint density at radius 3 is 2.38 bits per heavy atom. The van der Waals surface area contributed by atoms with E-state index in [1.807, 2.05) is 0 Å². The predicted molar refractivity (Wildman–Crippen MR) is 107 cm³/mol. The number of carbonyl (C=O) groups excluding carboxylic acids is 1. The Hall–Kier alpha value is -3.34. The topological polar surface area (TPSA) is 119 Å². The summed E-state index contributed by atoms with van der Waals surface area (Å²) >= 11 is 0. The van der Waals surface area contributed by atoms with Crippen LogP contribution in [0.2, 0.25) is 0 Å². The maximum atomic E-state index is 15.9. The normalized spacial score (nSPS) is 20.8. The summed E-state index contributed by atoms with van der Waals surface area (Å²) in [6.07, 6.45) is -1.07. The van der Waals surface area contributed by atoms with Gasteiger partial charge in [-0.25, -0.2) is 18.2 Å². The van der Waals surface area contributed by atoms with Crippen molar-refractivity contribution in [3.63, 3.8) is 0 Å². The van der Waals surface area contributed by atoms with Crippen molar-refractivity contribution in [1.29, 1.82) is 0 Å². The highest BCUT2D eigenvalue weighted by atomic mass is 19.1. The van der Waals surface area contributed by atoms with Gasteiger partial charge in [0.15, 0.2) is 5.82 Å². The molecular formula is C22H18F3N3O4. The molecule has 0 radical (unpaired) electrons. The third kappa shape index (κ3) is 3.83. The number of nitrogens with two attached hydrogens (primary N) is 1. The van der Waals surface area contributed by atoms with E-state index >= 15 is 4.39 Å². The van der Waals surface area contributed by atoms with Crippen LogP contribution >= 0.6 is 0 Å². The molecule has 3 unspecified atom stereocenters. The standard InChI is InChI=1S/C22H18F3N3O4/c23-11-4-1-5-12(24)17(11)20-19(25)18(15-7-13(29)14(30)9-32-15)16(21(28-20)22(26)31)10-3-2-6-27-8-10/h1-6,8,13-15,29-30H,7,9H2,(H2,26,31). The van der Waals surface area contributed by atoms with E-state index in [0.717, 1.165) is 18.2 Å². The van der Waals surface area contributed by atoms with E-state index < -0.39 is 58.6 Å². The van der Waals surface area contributed by atoms with Crippen LogP contribution in [0.5, 0.6) is 0 Å². The van der Waals surface area contributed by atoms with Gasteiger partial charge in [0, 0.05) is 35.5 Å². The van der Waals surface area contributed by atoms with Crippen LogP contribution in [0.15, 0.2) is 42.7 Å². The maximum Gasteiger partial charge on any atom is 0.267 e. The highest BCUT2D eigenvalue weighted by molar-refractivity contribution is 5.99. The molecule has 4 rings (SSSR count). The van der Waals surface area contributed by atoms with Gasteiger partial charge in [-0.3, -0.25) is 9.78 Å². The number of pyridine rings is 2. The minimum atomic E-state index is -1.26. The zero-order valence-corrected chi connectivity index (χ0v) is 16.5. The Labute approximate surface area is 180 Å². The average molecular weight is 445 g/mol. The van der Waals surface area contributed by atoms with Gasteiger partial charge in [-0.15, -0.1) is 0 Å². The Morgan fingerprint density at radius 2 is 1.78 bits per heavy atom. The van der Waals surface area contributed by atoms with Gasteiger partial charge in [0.25, 0.3) is 5.91 Å². The van der Waals surface area contributed by atoms with Crippen LogP contribution in [-0.4, -0.2) is 44.9 Å². The van der Waals surface area contributed by atoms with Crippen molar-refractivity contribution in [3.05, 3.63) is 71.4 Å². The summed E-state index contributed by atoms with van der Waals surface area (Å²) in [4.78, 5) is 20.2. The van der Waals surface area contributed by atoms with Crippen molar-refractivity contribution in [3.8, 4) is 22.4 Å². The first-order valence-corrected chi connectivity index (χ1v) is 9.65. The lowest BCUT2D eigenvalue weighted by Crippen LogP contribution is -2.38. The molecule has 3 atom stereocenters. The highest BCUT2D eigenvalue weighted by Gasteiger charge is 2.36. The molecule has 3 heterocycles. The Bertz CT molecular complexity index is 1160. The monoisotopic (exact) mass is 445 g/mol. The average Bonchev–Trinajstić information content (AvgIpc) is 2.76. The van der Waals surface area contributed by atoms with E-state index in [1.54, 1.807) is 0 Å². The van der Waals surface area contributed by atoms with Crippen molar-refractivity contribution in [1.82, 2.24) is 9.97 Å². The van der Waals surface area contributed by atoms with Crippen molar-refractivity contribution < 1.29 is 32.9 Å². The second kappa shape index (κ2) is 8.65. The number of primary amides is 1. The number of hydrogen-bond donors (Lipinski definition) is 3. The number of aliphatic hydroxyl groups is 2. The fraction of sp³-hybridized carbons (Fsp3) is 0.227. The summed E-state index contributed by atoms with van der Waals surface area (Å²) in [6.45, 7) is -0.324. The number of aromatic nitrogens is 2. The molecule has 7 nitrogen and oxygen atoms in total. The van der Waals surface area contributed by atoms with E-state index in [2.05, 4.69) is 9.97 Å². The number of halogens is 3. The smallest absolute Gasteiger partial charge is 0.267 e. The number of hydrogen-bond acceptors (Lipinski definition) is 6. The molecule has 166 valence electrons. The van der Waals surface area contributed by atoms with Gasteiger partial charge in [0.05, 0.1) is 24.4 Å². The maximum absolute atomic E-state index is 15.9. The van der Waals surface area contributed by atoms with Crippen molar-refractivity contribution in [2.24, 2.45) is 5.73 Å². The lowest BCUT2D eigenvalue weighted by atomic mass is 9.88. The van der Waals surface area contributed by atoms with E-state index in [0.29, 0.717) is 0 Å². The fourth-order valence-corrected chi connectivity index (χ4v) is 3.73. The number of nitrogens with zero attached hydrogens (tertiary/aromatic N) is 2. The Balaban J connectivity index is 2.06. The molecule has 2 aromatic heterocycles. The number of ether oxygens (including phenoxy) is 1. The molecule has 1 saturated heterocycles. The summed E-state index contributed by atoms with van der Waals surface area (Å²) < 4.78 is 50.4. The molecule has 4 N–H and O–H groups in total. The quantitative estimate of drug-likeness (QED) is 0.568. The summed E-state index contributed by atoms with van der Waals surface area (Å²) in [5.41, 5.74) is 3.44. The Kier molecular flexibility index (Phi) is 5.92. The zero-order chi connectivity index (χ0) is 23.0. The summed E-state index contributed by atoms with van der Waals surface area (Å²) in [7, 11) is 0. The van der Waals surface area contributed by atoms with Gasteiger partial charge in [0.2, 0.25) is 0 Å². The van der Waals surface area contributed by atoms with Crippen LogP contribution in [-0.2, 0) is 4.74 Å². The molecule has 1 aliphatic rings. The first-order chi connectivity index (χ1) is 15.3. The molecule has 3 aromatic rings. The third-order valence-corrected chi connectivity index (χ3v) is 5.25. The summed E-state index contributed by atoms with van der Waals surface area (Å²) in [5, 5.41) is 19.9. The van der Waals surface area contributed by atoms with E-state index in [1.165, 1.54) is 24.5 Å². The van der Waals surface area contributed by atoms with Crippen LogP contribution in [0.4, 0.5) is 13.2 Å². The summed E-state index contributed by atoms with van der Waals surface area (Å²) in [6, 6.07) is 6.02. The van der Waals surface area contributed by atoms with Crippen LogP contribution in [0.1, 0.15) is 28.6 Å². The molecule has 0 aliphatic carbocycles. The van der Waals surface area contributed by atoms with Gasteiger partial charge < -0.3 is 20.7 Å². The van der Waals surface area contributed by atoms with Gasteiger partial charge in [-0.1, -0.05) is 12.1 Å². The molecule has 1 amide bonds. The number of benzene rings is 1. The predicted octanol–water partition coefficient (Wildman–Crippen LogP) is 2.51. The summed E-state index contributed by atoms with van der Waals surface area (Å²) in [5.74, 6) is -4.40. The molecule has 0 saturated carbocycles. The third-order valence-electron chi connectivity index (χ3n) is 5.25. The SMILES string of the molecule is NC(=O)c1nc(-c2c(F)cccc2F)c(F)c(C2CC(O)C(O)CO2)c1-c1cccnc1. The van der Waals surface area contributed by atoms with Gasteiger partial charge in [-0.05, 0) is 18.2 Å². The van der Waals surface area contributed by atoms with Gasteiger partial charge in [-0.2, -0.15) is 0 Å². The number of carbonyl (C=O) groups is 1. The Morgan fingerprint density at radius 1 is 1.06 bits per heavy atom. The number of amides is 1. The fourth-order valence-electron chi connectivity index (χ4n) is 3.73. The number of rotatable bonds is 4. The van der Waals surface area contributed by atoms with Crippen LogP contribution in [0.3, 0.4) is 0 Å². The molecule has 1 aromatic carbocycles. The van der Waals surface area contributed by atoms with Gasteiger partial charge in [0.1, 0.15) is 29.1 Å². The largest absolute Gasteiger partial charge is 0.390 e. The molecule has 0 spiro atoms. The minimum Gasteiger partial charge on any atom is -0.390 e. The molecule has 32 heavy (non-hydrogen) atoms. The van der Waals surface area contributed by atoms with Crippen molar-refractivity contribution in [2.45, 2.75) is 24.7 Å². The minimum absolute atomic E-state index is 0.0720. The zero-order valence-electron chi connectivity index (χ0n) is 16.5. The second-order valence-corrected chi connectivity index (χ2v) is 7.31. The molecule has 10 heteroatoms. The highest BCUT2D eigenvalue weighted by Crippen LogP contribution is 2.42. The first kappa shape index (κ1) is 21.9. The van der Waals surface area contributed by atoms with Crippen molar-refractivity contribution >= 4 is 5.91 Å². The lowest BCUT2D eigenvalue weighted by molar-refractivity contribution is -0.123. The van der Waals surface area contributed by atoms with E-state index in [4.69, 9.17) is 10.5 Å². The lowest BCUT2D eigenvalue weighted by Gasteiger charge is -2.32. The molecule has 0 bridgehead atoms. The van der Waals surface area contributed by atoms with E-state index in [9.17, 15) is 23.8 Å². The van der Waals surface area contributed by atoms with Crippen molar-refractivity contribution in [2.75, 3.05) is 6.61 Å². The van der Waals surface area contributed by atoms with Crippen LogP contribution in [0, 0.1) is 17.5 Å². The molecule has 1 aliphatic heterocycles. The van der Waals surface area contributed by atoms with Crippen LogP contribution < -0.4 is 5.73 Å². The van der Waals surface area contributed by atoms with Gasteiger partial charge >= 0.3 is 0 Å². The second-order valence-electron chi connectivity index (χ2n) is 7.31.